The van der Waals surface area contributed by atoms with Crippen LogP contribution in [0.1, 0.15) is 42.8 Å². The van der Waals surface area contributed by atoms with Crippen LogP contribution in [-0.2, 0) is 4.79 Å². The minimum Gasteiger partial charge on any atom is -0.322 e. The smallest absolute Gasteiger partial charge is 0.280 e. The second-order valence-electron chi connectivity index (χ2n) is 8.95. The number of hydrazine groups is 1. The minimum absolute atomic E-state index is 0.234. The molecular formula is C31H24BrN3O3S. The monoisotopic (exact) mass is 597 g/mol. The lowest BCUT2D eigenvalue weighted by Gasteiger charge is -2.24. The minimum atomic E-state index is -0.425. The topological polar surface area (TPSA) is 78.5 Å². The Labute approximate surface area is 239 Å². The van der Waals surface area contributed by atoms with Crippen LogP contribution < -0.4 is 10.7 Å². The van der Waals surface area contributed by atoms with E-state index in [9.17, 15) is 14.4 Å². The van der Waals surface area contributed by atoms with Crippen molar-refractivity contribution in [1.29, 1.82) is 0 Å². The van der Waals surface area contributed by atoms with Crippen molar-refractivity contribution in [1.82, 2.24) is 10.4 Å². The Hall–Kier alpha value is -4.14. The Morgan fingerprint density at radius 1 is 0.821 bits per heavy atom. The summed E-state index contributed by atoms with van der Waals surface area (Å²) >= 11 is 4.82. The Kier molecular flexibility index (Phi) is 7.95. The molecule has 4 aromatic rings. The molecule has 1 heterocycles. The fourth-order valence-electron chi connectivity index (χ4n) is 3.99. The zero-order valence-electron chi connectivity index (χ0n) is 20.9. The molecule has 4 aromatic carbocycles. The number of aryl methyl sites for hydroxylation is 1. The molecule has 2 N–H and O–H groups in total. The standard InChI is InChI=1S/C31H24BrN3O3S/c1-20-7-11-22(12-8-20)28(36)33-26-17-13-23(14-18-26)29(37)34-35-30(38)27(19-21-9-15-25(32)16-10-21)39-31(35)24-5-3-2-4-6-24/h2-19,31H,1H3,(H,33,36)(H,34,37)/b27-19-. The van der Waals surface area contributed by atoms with E-state index >= 15 is 0 Å². The molecule has 1 fully saturated rings. The molecule has 0 aliphatic carbocycles. The van der Waals surface area contributed by atoms with Crippen LogP contribution >= 0.6 is 27.7 Å². The van der Waals surface area contributed by atoms with E-state index in [0.717, 1.165) is 21.2 Å². The maximum absolute atomic E-state index is 13.4. The van der Waals surface area contributed by atoms with Gasteiger partial charge in [-0.05, 0) is 72.7 Å². The van der Waals surface area contributed by atoms with Gasteiger partial charge in [0.25, 0.3) is 17.7 Å². The predicted octanol–water partition coefficient (Wildman–Crippen LogP) is 6.97. The van der Waals surface area contributed by atoms with Crippen molar-refractivity contribution >= 4 is 57.2 Å². The molecule has 0 bridgehead atoms. The Balaban J connectivity index is 1.32. The number of carbonyl (C=O) groups is 3. The van der Waals surface area contributed by atoms with Gasteiger partial charge in [-0.1, -0.05) is 87.9 Å². The first-order chi connectivity index (χ1) is 18.9. The molecule has 194 valence electrons. The zero-order valence-corrected chi connectivity index (χ0v) is 23.3. The number of halogens is 1. The number of amides is 3. The molecule has 39 heavy (non-hydrogen) atoms. The van der Waals surface area contributed by atoms with E-state index < -0.39 is 11.3 Å². The molecule has 0 saturated carbocycles. The van der Waals surface area contributed by atoms with Crippen molar-refractivity contribution in [3.63, 3.8) is 0 Å². The summed E-state index contributed by atoms with van der Waals surface area (Å²) in [7, 11) is 0. The average molecular weight is 599 g/mol. The molecule has 1 saturated heterocycles. The van der Waals surface area contributed by atoms with Crippen LogP contribution in [0.2, 0.25) is 0 Å². The van der Waals surface area contributed by atoms with Crippen molar-refractivity contribution in [2.24, 2.45) is 0 Å². The number of nitrogens with one attached hydrogen (secondary N) is 2. The normalized spacial score (nSPS) is 15.8. The van der Waals surface area contributed by atoms with Gasteiger partial charge >= 0.3 is 0 Å². The number of anilines is 1. The van der Waals surface area contributed by atoms with Gasteiger partial charge in [0.15, 0.2) is 0 Å². The third-order valence-electron chi connectivity index (χ3n) is 6.10. The van der Waals surface area contributed by atoms with E-state index in [4.69, 9.17) is 0 Å². The van der Waals surface area contributed by atoms with Gasteiger partial charge in [0.2, 0.25) is 0 Å². The zero-order chi connectivity index (χ0) is 27.4. The third-order valence-corrected chi connectivity index (χ3v) is 7.88. The molecule has 1 aliphatic rings. The third kappa shape index (κ3) is 6.30. The largest absolute Gasteiger partial charge is 0.322 e. The second kappa shape index (κ2) is 11.7. The maximum atomic E-state index is 13.4. The summed E-state index contributed by atoms with van der Waals surface area (Å²) in [5, 5.41) is 3.79. The molecule has 0 aromatic heterocycles. The van der Waals surface area contributed by atoms with Crippen molar-refractivity contribution in [2.75, 3.05) is 5.32 Å². The first kappa shape index (κ1) is 26.5. The lowest BCUT2D eigenvalue weighted by molar-refractivity contribution is -0.128. The van der Waals surface area contributed by atoms with Crippen LogP contribution in [0, 0.1) is 6.92 Å². The van der Waals surface area contributed by atoms with E-state index in [1.807, 2.05) is 79.7 Å². The molecule has 1 unspecified atom stereocenters. The number of nitrogens with zero attached hydrogens (tertiary/aromatic N) is 1. The van der Waals surface area contributed by atoms with Gasteiger partial charge in [-0.15, -0.1) is 0 Å². The van der Waals surface area contributed by atoms with Crippen molar-refractivity contribution < 1.29 is 14.4 Å². The van der Waals surface area contributed by atoms with Crippen molar-refractivity contribution in [3.8, 4) is 0 Å². The van der Waals surface area contributed by atoms with Crippen LogP contribution in [0.25, 0.3) is 6.08 Å². The summed E-state index contributed by atoms with van der Waals surface area (Å²) < 4.78 is 0.951. The van der Waals surface area contributed by atoms with Gasteiger partial charge in [0, 0.05) is 21.3 Å². The molecule has 6 nitrogen and oxygen atoms in total. The lowest BCUT2D eigenvalue weighted by atomic mass is 10.1. The Morgan fingerprint density at radius 3 is 2.10 bits per heavy atom. The number of hydrogen-bond acceptors (Lipinski definition) is 4. The predicted molar refractivity (Wildman–Crippen MR) is 159 cm³/mol. The summed E-state index contributed by atoms with van der Waals surface area (Å²) in [6.07, 6.45) is 1.83. The highest BCUT2D eigenvalue weighted by Gasteiger charge is 2.38. The van der Waals surface area contributed by atoms with Gasteiger partial charge in [-0.25, -0.2) is 5.01 Å². The van der Waals surface area contributed by atoms with Crippen LogP contribution in [-0.4, -0.2) is 22.7 Å². The summed E-state index contributed by atoms with van der Waals surface area (Å²) in [4.78, 5) is 39.7. The van der Waals surface area contributed by atoms with Crippen LogP contribution in [0.15, 0.2) is 113 Å². The van der Waals surface area contributed by atoms with Crippen LogP contribution in [0.4, 0.5) is 5.69 Å². The Bertz CT molecular complexity index is 1540. The average Bonchev–Trinajstić information content (AvgIpc) is 3.25. The van der Waals surface area contributed by atoms with E-state index in [2.05, 4.69) is 26.7 Å². The molecule has 0 radical (unpaired) electrons. The highest BCUT2D eigenvalue weighted by Crippen LogP contribution is 2.45. The number of carbonyl (C=O) groups excluding carboxylic acids is 3. The van der Waals surface area contributed by atoms with Gasteiger partial charge in [-0.2, -0.15) is 0 Å². The fourth-order valence-corrected chi connectivity index (χ4v) is 5.44. The lowest BCUT2D eigenvalue weighted by Crippen LogP contribution is -2.44. The Morgan fingerprint density at radius 2 is 1.44 bits per heavy atom. The number of thioether (sulfide) groups is 1. The highest BCUT2D eigenvalue weighted by molar-refractivity contribution is 9.10. The van der Waals surface area contributed by atoms with Gasteiger partial charge in [0.1, 0.15) is 5.37 Å². The quantitative estimate of drug-likeness (QED) is 0.235. The van der Waals surface area contributed by atoms with Crippen LogP contribution in [0.3, 0.4) is 0 Å². The highest BCUT2D eigenvalue weighted by atomic mass is 79.9. The summed E-state index contributed by atoms with van der Waals surface area (Å²) in [5.74, 6) is -0.944. The van der Waals surface area contributed by atoms with E-state index in [1.165, 1.54) is 16.8 Å². The van der Waals surface area contributed by atoms with E-state index in [-0.39, 0.29) is 11.8 Å². The summed E-state index contributed by atoms with van der Waals surface area (Å²) in [5.41, 5.74) is 7.12. The number of hydrogen-bond donors (Lipinski definition) is 2. The van der Waals surface area contributed by atoms with Crippen LogP contribution in [0.5, 0.6) is 0 Å². The molecule has 1 aliphatic heterocycles. The number of rotatable bonds is 6. The number of benzene rings is 4. The van der Waals surface area contributed by atoms with Gasteiger partial charge in [-0.3, -0.25) is 19.8 Å². The first-order valence-electron chi connectivity index (χ1n) is 12.2. The summed E-state index contributed by atoms with van der Waals surface area (Å²) in [6.45, 7) is 1.96. The fraction of sp³-hybridized carbons (Fsp3) is 0.0645. The van der Waals surface area contributed by atoms with Gasteiger partial charge in [0.05, 0.1) is 4.91 Å². The molecular weight excluding hydrogens is 574 g/mol. The van der Waals surface area contributed by atoms with Crippen molar-refractivity contribution in [3.05, 3.63) is 140 Å². The van der Waals surface area contributed by atoms with Gasteiger partial charge < -0.3 is 5.32 Å². The molecule has 3 amide bonds. The second-order valence-corrected chi connectivity index (χ2v) is 11.0. The molecule has 5 rings (SSSR count). The van der Waals surface area contributed by atoms with E-state index in [0.29, 0.717) is 21.7 Å². The first-order valence-corrected chi connectivity index (χ1v) is 13.9. The molecule has 0 spiro atoms. The SMILES string of the molecule is Cc1ccc(C(=O)Nc2ccc(C(=O)NN3C(=O)/C(=C/c4ccc(Br)cc4)SC3c3ccccc3)cc2)cc1. The molecule has 1 atom stereocenters. The molecule has 8 heteroatoms. The summed E-state index contributed by atoms with van der Waals surface area (Å²) in [6, 6.07) is 31.1. The van der Waals surface area contributed by atoms with Crippen molar-refractivity contribution in [2.45, 2.75) is 12.3 Å². The maximum Gasteiger partial charge on any atom is 0.280 e. The van der Waals surface area contributed by atoms with E-state index in [1.54, 1.807) is 36.4 Å².